The summed E-state index contributed by atoms with van der Waals surface area (Å²) in [6.45, 7) is 8.78. The van der Waals surface area contributed by atoms with Gasteiger partial charge in [-0.1, -0.05) is 59.3 Å². The topological polar surface area (TPSA) is 32.7 Å². The van der Waals surface area contributed by atoms with Crippen LogP contribution >= 0.6 is 24.2 Å². The number of thioether (sulfide) groups is 1. The minimum Gasteiger partial charge on any atom is -0.338 e. The predicted molar refractivity (Wildman–Crippen MR) is 114 cm³/mol. The van der Waals surface area contributed by atoms with Crippen LogP contribution < -0.4 is 0 Å². The smallest absolute Gasteiger partial charge is 0.182 e. The van der Waals surface area contributed by atoms with Gasteiger partial charge in [-0.2, -0.15) is 0 Å². The molecule has 0 saturated carbocycles. The van der Waals surface area contributed by atoms with E-state index in [0.29, 0.717) is 6.54 Å². The second-order valence-corrected chi connectivity index (χ2v) is 8.15. The summed E-state index contributed by atoms with van der Waals surface area (Å²) in [4.78, 5) is 19.7. The molecule has 1 saturated heterocycles. The predicted octanol–water partition coefficient (Wildman–Crippen LogP) is 5.42. The first kappa shape index (κ1) is 20.5. The van der Waals surface area contributed by atoms with Gasteiger partial charge in [-0.05, 0) is 39.8 Å². The van der Waals surface area contributed by atoms with Gasteiger partial charge in [0.15, 0.2) is 11.0 Å². The maximum absolute atomic E-state index is 12.7. The highest BCUT2D eigenvalue weighted by Gasteiger charge is 2.38. The first-order valence-electron chi connectivity index (χ1n) is 8.51. The largest absolute Gasteiger partial charge is 0.338 e. The number of amidine groups is 1. The quantitative estimate of drug-likeness (QED) is 0.655. The van der Waals surface area contributed by atoms with E-state index in [1.807, 2.05) is 43.3 Å². The lowest BCUT2D eigenvalue weighted by Gasteiger charge is -2.31. The van der Waals surface area contributed by atoms with Crippen LogP contribution in [0.1, 0.15) is 35.3 Å². The Labute approximate surface area is 166 Å². The van der Waals surface area contributed by atoms with Gasteiger partial charge in [0.1, 0.15) is 0 Å². The molecule has 0 unspecified atom stereocenters. The lowest BCUT2D eigenvalue weighted by atomic mass is 10.0. The van der Waals surface area contributed by atoms with Crippen LogP contribution in [0.15, 0.2) is 53.5 Å². The van der Waals surface area contributed by atoms with Crippen LogP contribution in [0.5, 0.6) is 0 Å². The molecule has 0 aromatic heterocycles. The van der Waals surface area contributed by atoms with Gasteiger partial charge < -0.3 is 4.90 Å². The van der Waals surface area contributed by atoms with Gasteiger partial charge in [-0.3, -0.25) is 4.79 Å². The Hall–Kier alpha value is -1.78. The van der Waals surface area contributed by atoms with Crippen molar-refractivity contribution in [2.75, 3.05) is 12.3 Å². The summed E-state index contributed by atoms with van der Waals surface area (Å²) < 4.78 is 0. The number of benzene rings is 2. The van der Waals surface area contributed by atoms with Gasteiger partial charge in [0.2, 0.25) is 0 Å². The zero-order valence-electron chi connectivity index (χ0n) is 15.7. The highest BCUT2D eigenvalue weighted by molar-refractivity contribution is 8.14. The van der Waals surface area contributed by atoms with E-state index in [1.54, 1.807) is 11.8 Å². The summed E-state index contributed by atoms with van der Waals surface area (Å²) in [7, 11) is 0. The maximum Gasteiger partial charge on any atom is 0.182 e. The van der Waals surface area contributed by atoms with Crippen molar-refractivity contribution in [1.82, 2.24) is 4.90 Å². The third-order valence-electron chi connectivity index (χ3n) is 4.45. The standard InChI is InChI=1S/C21H24N2OS.ClH/c1-15-5-9-17(10-6-15)19(24)13-23-20(25-14-21(23,3)4)22-18-11-7-16(2)8-12-18;/h5-12H,13-14H2,1-4H3;1H. The van der Waals surface area contributed by atoms with Crippen LogP contribution in [0.2, 0.25) is 0 Å². The van der Waals surface area contributed by atoms with E-state index in [1.165, 1.54) is 5.56 Å². The van der Waals surface area contributed by atoms with E-state index >= 15 is 0 Å². The third kappa shape index (κ3) is 4.68. The van der Waals surface area contributed by atoms with E-state index in [-0.39, 0.29) is 23.7 Å². The van der Waals surface area contributed by atoms with Gasteiger partial charge in [0, 0.05) is 16.9 Å². The molecule has 3 nitrogen and oxygen atoms in total. The molecule has 1 heterocycles. The monoisotopic (exact) mass is 388 g/mol. The van der Waals surface area contributed by atoms with Crippen LogP contribution in [0.25, 0.3) is 0 Å². The fraction of sp³-hybridized carbons (Fsp3) is 0.333. The van der Waals surface area contributed by atoms with Crippen LogP contribution in [0.3, 0.4) is 0 Å². The van der Waals surface area contributed by atoms with Crippen LogP contribution in [-0.2, 0) is 0 Å². The van der Waals surface area contributed by atoms with E-state index in [0.717, 1.165) is 27.7 Å². The van der Waals surface area contributed by atoms with Gasteiger partial charge in [0.05, 0.1) is 12.2 Å². The molecule has 0 aliphatic carbocycles. The van der Waals surface area contributed by atoms with E-state index < -0.39 is 0 Å². The molecule has 0 bridgehead atoms. The molecule has 0 spiro atoms. The number of aliphatic imine (C=N–C) groups is 1. The van der Waals surface area contributed by atoms with E-state index in [2.05, 4.69) is 37.8 Å². The van der Waals surface area contributed by atoms with Crippen LogP contribution in [0, 0.1) is 13.8 Å². The number of nitrogens with zero attached hydrogens (tertiary/aromatic N) is 2. The number of hydrogen-bond donors (Lipinski definition) is 0. The minimum atomic E-state index is -0.0887. The number of ketones is 1. The molecule has 0 radical (unpaired) electrons. The molecule has 2 aromatic carbocycles. The number of rotatable bonds is 4. The zero-order valence-corrected chi connectivity index (χ0v) is 17.3. The number of hydrogen-bond acceptors (Lipinski definition) is 3. The summed E-state index contributed by atoms with van der Waals surface area (Å²) in [6, 6.07) is 16.0. The number of halogens is 1. The van der Waals surface area contributed by atoms with Crippen molar-refractivity contribution in [2.24, 2.45) is 4.99 Å². The molecule has 2 aromatic rings. The summed E-state index contributed by atoms with van der Waals surface area (Å²) in [5, 5.41) is 0.925. The van der Waals surface area contributed by atoms with Crippen molar-refractivity contribution in [1.29, 1.82) is 0 Å². The van der Waals surface area contributed by atoms with Gasteiger partial charge in [-0.15, -0.1) is 12.4 Å². The van der Waals surface area contributed by atoms with Crippen molar-refractivity contribution in [3.63, 3.8) is 0 Å². The molecule has 3 rings (SSSR count). The van der Waals surface area contributed by atoms with Crippen molar-refractivity contribution < 1.29 is 4.79 Å². The number of carbonyl (C=O) groups excluding carboxylic acids is 1. The Kier molecular flexibility index (Phi) is 6.53. The molecular weight excluding hydrogens is 364 g/mol. The van der Waals surface area contributed by atoms with E-state index in [9.17, 15) is 4.79 Å². The molecule has 1 aliphatic heterocycles. The van der Waals surface area contributed by atoms with Crippen LogP contribution in [-0.4, -0.2) is 33.7 Å². The maximum atomic E-state index is 12.7. The number of carbonyl (C=O) groups is 1. The lowest BCUT2D eigenvalue weighted by molar-refractivity contribution is 0.0932. The van der Waals surface area contributed by atoms with Crippen molar-refractivity contribution in [3.8, 4) is 0 Å². The normalized spacial score (nSPS) is 17.2. The number of Topliss-reactive ketones (excluding diaryl/α,β-unsaturated/α-hetero) is 1. The van der Waals surface area contributed by atoms with Crippen molar-refractivity contribution in [2.45, 2.75) is 33.2 Å². The Bertz CT molecular complexity index is 798. The van der Waals surface area contributed by atoms with Crippen LogP contribution in [0.4, 0.5) is 5.69 Å². The Morgan fingerprint density at radius 2 is 1.58 bits per heavy atom. The highest BCUT2D eigenvalue weighted by atomic mass is 35.5. The molecule has 26 heavy (non-hydrogen) atoms. The molecule has 0 N–H and O–H groups in total. The average Bonchev–Trinajstić information content (AvgIpc) is 2.85. The molecule has 0 amide bonds. The highest BCUT2D eigenvalue weighted by Crippen LogP contribution is 2.34. The van der Waals surface area contributed by atoms with Gasteiger partial charge in [0.25, 0.3) is 0 Å². The molecule has 1 aliphatic rings. The average molecular weight is 389 g/mol. The molecule has 138 valence electrons. The zero-order chi connectivity index (χ0) is 18.0. The summed E-state index contributed by atoms with van der Waals surface area (Å²) in [6.07, 6.45) is 0. The summed E-state index contributed by atoms with van der Waals surface area (Å²) in [5.41, 5.74) is 3.98. The van der Waals surface area contributed by atoms with Gasteiger partial charge in [-0.25, -0.2) is 4.99 Å². The summed E-state index contributed by atoms with van der Waals surface area (Å²) in [5.74, 6) is 1.06. The second-order valence-electron chi connectivity index (χ2n) is 7.21. The SMILES string of the molecule is Cc1ccc(N=C2SCC(C)(C)N2CC(=O)c2ccc(C)cc2)cc1.Cl. The second kappa shape index (κ2) is 8.28. The van der Waals surface area contributed by atoms with Crippen molar-refractivity contribution in [3.05, 3.63) is 65.2 Å². The fourth-order valence-corrected chi connectivity index (χ4v) is 4.01. The number of aryl methyl sites for hydroxylation is 2. The summed E-state index contributed by atoms with van der Waals surface area (Å²) >= 11 is 1.72. The molecular formula is C21H25ClN2OS. The van der Waals surface area contributed by atoms with Crippen molar-refractivity contribution >= 4 is 40.8 Å². The third-order valence-corrected chi connectivity index (χ3v) is 5.87. The first-order chi connectivity index (χ1) is 11.8. The van der Waals surface area contributed by atoms with Gasteiger partial charge >= 0.3 is 0 Å². The fourth-order valence-electron chi connectivity index (χ4n) is 2.73. The minimum absolute atomic E-state index is 0. The Morgan fingerprint density at radius 3 is 2.15 bits per heavy atom. The Morgan fingerprint density at radius 1 is 1.04 bits per heavy atom. The molecule has 0 atom stereocenters. The Balaban J connectivity index is 0.00000243. The first-order valence-corrected chi connectivity index (χ1v) is 9.49. The molecule has 5 heteroatoms. The molecule has 1 fully saturated rings. The lowest BCUT2D eigenvalue weighted by Crippen LogP contribution is -2.45. The van der Waals surface area contributed by atoms with E-state index in [4.69, 9.17) is 4.99 Å².